The first-order valence-electron chi connectivity index (χ1n) is 5.69. The standard InChI is InChI=1S/C13H19N3O/c1-4-16(9-10(2)8-14)12-5-11(15)6-13(7-12)17-3/h5-7,10H,4,9,15H2,1-3H3. The van der Waals surface area contributed by atoms with Crippen molar-refractivity contribution in [2.24, 2.45) is 5.92 Å². The Labute approximate surface area is 103 Å². The van der Waals surface area contributed by atoms with Crippen molar-refractivity contribution in [1.29, 1.82) is 5.26 Å². The van der Waals surface area contributed by atoms with E-state index in [-0.39, 0.29) is 5.92 Å². The molecule has 1 atom stereocenters. The maximum atomic E-state index is 8.86. The third-order valence-electron chi connectivity index (χ3n) is 2.61. The van der Waals surface area contributed by atoms with Gasteiger partial charge in [-0.3, -0.25) is 0 Å². The van der Waals surface area contributed by atoms with Gasteiger partial charge in [0.1, 0.15) is 5.75 Å². The van der Waals surface area contributed by atoms with Crippen LogP contribution in [0.5, 0.6) is 5.75 Å². The van der Waals surface area contributed by atoms with Crippen LogP contribution in [-0.2, 0) is 0 Å². The van der Waals surface area contributed by atoms with Crippen molar-refractivity contribution in [3.05, 3.63) is 18.2 Å². The van der Waals surface area contributed by atoms with E-state index in [1.54, 1.807) is 13.2 Å². The second-order valence-corrected chi connectivity index (χ2v) is 4.03. The summed E-state index contributed by atoms with van der Waals surface area (Å²) in [6, 6.07) is 7.85. The average molecular weight is 233 g/mol. The van der Waals surface area contributed by atoms with Crippen LogP contribution < -0.4 is 15.4 Å². The Hall–Kier alpha value is -1.89. The summed E-state index contributed by atoms with van der Waals surface area (Å²) in [7, 11) is 1.62. The highest BCUT2D eigenvalue weighted by Gasteiger charge is 2.10. The highest BCUT2D eigenvalue weighted by Crippen LogP contribution is 2.25. The van der Waals surface area contributed by atoms with Gasteiger partial charge in [-0.15, -0.1) is 0 Å². The zero-order valence-corrected chi connectivity index (χ0v) is 10.6. The van der Waals surface area contributed by atoms with Gasteiger partial charge in [-0.25, -0.2) is 0 Å². The third kappa shape index (κ3) is 3.56. The fraction of sp³-hybridized carbons (Fsp3) is 0.462. The van der Waals surface area contributed by atoms with Crippen LogP contribution >= 0.6 is 0 Å². The van der Waals surface area contributed by atoms with E-state index in [9.17, 15) is 0 Å². The minimum atomic E-state index is -0.0117. The van der Waals surface area contributed by atoms with Crippen LogP contribution in [-0.4, -0.2) is 20.2 Å². The normalized spacial score (nSPS) is 11.6. The molecule has 0 aliphatic carbocycles. The SMILES string of the molecule is CCN(CC(C)C#N)c1cc(N)cc(OC)c1. The Morgan fingerprint density at radius 2 is 2.18 bits per heavy atom. The molecule has 0 saturated heterocycles. The minimum absolute atomic E-state index is 0.0117. The molecule has 0 heterocycles. The van der Waals surface area contributed by atoms with E-state index in [2.05, 4.69) is 17.9 Å². The van der Waals surface area contributed by atoms with Crippen molar-refractivity contribution in [2.45, 2.75) is 13.8 Å². The first-order chi connectivity index (χ1) is 8.10. The van der Waals surface area contributed by atoms with Crippen LogP contribution in [0.1, 0.15) is 13.8 Å². The lowest BCUT2D eigenvalue weighted by Gasteiger charge is -2.25. The fourth-order valence-corrected chi connectivity index (χ4v) is 1.69. The van der Waals surface area contributed by atoms with E-state index >= 15 is 0 Å². The molecular formula is C13H19N3O. The molecule has 0 amide bonds. The summed E-state index contributed by atoms with van der Waals surface area (Å²) < 4.78 is 5.19. The summed E-state index contributed by atoms with van der Waals surface area (Å²) in [4.78, 5) is 2.12. The number of rotatable bonds is 5. The molecular weight excluding hydrogens is 214 g/mol. The monoisotopic (exact) mass is 233 g/mol. The first-order valence-corrected chi connectivity index (χ1v) is 5.69. The third-order valence-corrected chi connectivity index (χ3v) is 2.61. The highest BCUT2D eigenvalue weighted by atomic mass is 16.5. The molecule has 2 N–H and O–H groups in total. The van der Waals surface area contributed by atoms with Crippen molar-refractivity contribution < 1.29 is 4.74 Å². The second kappa shape index (κ2) is 6.00. The molecule has 0 saturated carbocycles. The summed E-state index contributed by atoms with van der Waals surface area (Å²) in [6.07, 6.45) is 0. The molecule has 92 valence electrons. The van der Waals surface area contributed by atoms with Gasteiger partial charge in [-0.05, 0) is 19.9 Å². The van der Waals surface area contributed by atoms with Gasteiger partial charge in [0.25, 0.3) is 0 Å². The van der Waals surface area contributed by atoms with E-state index in [1.165, 1.54) is 0 Å². The van der Waals surface area contributed by atoms with E-state index in [1.807, 2.05) is 19.1 Å². The highest BCUT2D eigenvalue weighted by molar-refractivity contribution is 5.60. The molecule has 0 aliphatic heterocycles. The topological polar surface area (TPSA) is 62.3 Å². The summed E-state index contributed by atoms with van der Waals surface area (Å²) in [5.74, 6) is 0.727. The lowest BCUT2D eigenvalue weighted by Crippen LogP contribution is -2.27. The maximum Gasteiger partial charge on any atom is 0.122 e. The molecule has 4 heteroatoms. The van der Waals surface area contributed by atoms with Crippen LogP contribution in [0.15, 0.2) is 18.2 Å². The zero-order valence-electron chi connectivity index (χ0n) is 10.6. The number of benzene rings is 1. The van der Waals surface area contributed by atoms with Gasteiger partial charge in [-0.2, -0.15) is 5.26 Å². The van der Waals surface area contributed by atoms with Crippen LogP contribution in [0.2, 0.25) is 0 Å². The molecule has 4 nitrogen and oxygen atoms in total. The van der Waals surface area contributed by atoms with E-state index in [4.69, 9.17) is 15.7 Å². The van der Waals surface area contributed by atoms with Crippen molar-refractivity contribution in [2.75, 3.05) is 30.8 Å². The molecule has 1 unspecified atom stereocenters. The molecule has 17 heavy (non-hydrogen) atoms. The molecule has 0 spiro atoms. The molecule has 1 aromatic rings. The number of ether oxygens (including phenoxy) is 1. The zero-order chi connectivity index (χ0) is 12.8. The Morgan fingerprint density at radius 1 is 1.47 bits per heavy atom. The smallest absolute Gasteiger partial charge is 0.122 e. The summed E-state index contributed by atoms with van der Waals surface area (Å²) in [5.41, 5.74) is 7.48. The number of hydrogen-bond acceptors (Lipinski definition) is 4. The van der Waals surface area contributed by atoms with Crippen molar-refractivity contribution in [3.63, 3.8) is 0 Å². The summed E-state index contributed by atoms with van der Waals surface area (Å²) in [5, 5.41) is 8.86. The molecule has 0 radical (unpaired) electrons. The average Bonchev–Trinajstić information content (AvgIpc) is 2.34. The number of nitrogens with zero attached hydrogens (tertiary/aromatic N) is 2. The lowest BCUT2D eigenvalue weighted by molar-refractivity contribution is 0.415. The number of nitrogen functional groups attached to an aromatic ring is 1. The molecule has 0 aliphatic rings. The van der Waals surface area contributed by atoms with E-state index in [0.29, 0.717) is 12.2 Å². The Kier molecular flexibility index (Phi) is 4.65. The van der Waals surface area contributed by atoms with Gasteiger partial charge in [0.2, 0.25) is 0 Å². The number of anilines is 2. The summed E-state index contributed by atoms with van der Waals surface area (Å²) >= 11 is 0. The van der Waals surface area contributed by atoms with Crippen LogP contribution in [0.3, 0.4) is 0 Å². The van der Waals surface area contributed by atoms with Gasteiger partial charge in [0.05, 0.1) is 19.1 Å². The van der Waals surface area contributed by atoms with Crippen LogP contribution in [0, 0.1) is 17.2 Å². The molecule has 1 aromatic carbocycles. The van der Waals surface area contributed by atoms with Gasteiger partial charge in [0, 0.05) is 36.6 Å². The minimum Gasteiger partial charge on any atom is -0.497 e. The molecule has 0 aromatic heterocycles. The van der Waals surface area contributed by atoms with Gasteiger partial charge < -0.3 is 15.4 Å². The van der Waals surface area contributed by atoms with Crippen LogP contribution in [0.4, 0.5) is 11.4 Å². The number of nitrogens with two attached hydrogens (primary N) is 1. The number of methoxy groups -OCH3 is 1. The van der Waals surface area contributed by atoms with Crippen molar-refractivity contribution in [1.82, 2.24) is 0 Å². The predicted molar refractivity (Wildman–Crippen MR) is 70.1 cm³/mol. The quantitative estimate of drug-likeness (QED) is 0.792. The van der Waals surface area contributed by atoms with Gasteiger partial charge >= 0.3 is 0 Å². The Bertz CT molecular complexity index is 412. The van der Waals surface area contributed by atoms with Crippen molar-refractivity contribution >= 4 is 11.4 Å². The van der Waals surface area contributed by atoms with E-state index < -0.39 is 0 Å². The molecule has 0 bridgehead atoms. The van der Waals surface area contributed by atoms with Gasteiger partial charge in [-0.1, -0.05) is 0 Å². The van der Waals surface area contributed by atoms with Crippen molar-refractivity contribution in [3.8, 4) is 11.8 Å². The second-order valence-electron chi connectivity index (χ2n) is 4.03. The van der Waals surface area contributed by atoms with E-state index in [0.717, 1.165) is 18.0 Å². The Morgan fingerprint density at radius 3 is 2.71 bits per heavy atom. The van der Waals surface area contributed by atoms with Gasteiger partial charge in [0.15, 0.2) is 0 Å². The predicted octanol–water partition coefficient (Wildman–Crippen LogP) is 2.26. The number of hydrogen-bond donors (Lipinski definition) is 1. The largest absolute Gasteiger partial charge is 0.497 e. The first kappa shape index (κ1) is 13.2. The maximum absolute atomic E-state index is 8.86. The Balaban J connectivity index is 2.95. The summed E-state index contributed by atoms with van der Waals surface area (Å²) in [6.45, 7) is 5.49. The van der Waals surface area contributed by atoms with Crippen LogP contribution in [0.25, 0.3) is 0 Å². The molecule has 1 rings (SSSR count). The molecule has 0 fully saturated rings. The number of nitriles is 1. The fourth-order valence-electron chi connectivity index (χ4n) is 1.69. The lowest BCUT2D eigenvalue weighted by atomic mass is 10.1.